The number of carbonyl (C=O) groups is 2. The van der Waals surface area contributed by atoms with Gasteiger partial charge in [0.1, 0.15) is 0 Å². The Labute approximate surface area is 121 Å². The largest absolute Gasteiger partial charge is 0.339 e. The molecular formula is C16H24N2O2. The fraction of sp³-hybridized carbons (Fsp3) is 0.500. The molecule has 1 aromatic carbocycles. The van der Waals surface area contributed by atoms with Crippen molar-refractivity contribution in [2.24, 2.45) is 5.41 Å². The monoisotopic (exact) mass is 276 g/mol. The molecule has 4 heteroatoms. The minimum absolute atomic E-state index is 0.0122. The van der Waals surface area contributed by atoms with Crippen molar-refractivity contribution in [3.63, 3.8) is 0 Å². The van der Waals surface area contributed by atoms with E-state index >= 15 is 0 Å². The number of carbonyl (C=O) groups excluding carboxylic acids is 2. The van der Waals surface area contributed by atoms with Gasteiger partial charge in [-0.15, -0.1) is 0 Å². The predicted molar refractivity (Wildman–Crippen MR) is 81.8 cm³/mol. The standard InChI is InChI=1S/C16H24N2O2/c1-6-18(7-2)14(19)12-9-8-10-13(11-12)17-15(20)16(3,4)5/h8-11H,6-7H2,1-5H3,(H,17,20). The molecule has 1 rings (SSSR count). The molecule has 1 aromatic rings. The second kappa shape index (κ2) is 6.55. The second-order valence-electron chi connectivity index (χ2n) is 5.76. The molecule has 0 fully saturated rings. The average Bonchev–Trinajstić information content (AvgIpc) is 2.39. The number of hydrogen-bond acceptors (Lipinski definition) is 2. The highest BCUT2D eigenvalue weighted by Crippen LogP contribution is 2.18. The quantitative estimate of drug-likeness (QED) is 0.918. The number of nitrogens with zero attached hydrogens (tertiary/aromatic N) is 1. The van der Waals surface area contributed by atoms with Crippen LogP contribution in [-0.4, -0.2) is 29.8 Å². The minimum atomic E-state index is -0.459. The third-order valence-corrected chi connectivity index (χ3v) is 3.10. The molecular weight excluding hydrogens is 252 g/mol. The van der Waals surface area contributed by atoms with Crippen LogP contribution in [0.1, 0.15) is 45.0 Å². The van der Waals surface area contributed by atoms with Crippen molar-refractivity contribution in [2.45, 2.75) is 34.6 Å². The summed E-state index contributed by atoms with van der Waals surface area (Å²) < 4.78 is 0. The Bertz CT molecular complexity index is 485. The van der Waals surface area contributed by atoms with Crippen LogP contribution in [0.5, 0.6) is 0 Å². The summed E-state index contributed by atoms with van der Waals surface area (Å²) in [5.74, 6) is -0.0770. The zero-order chi connectivity index (χ0) is 15.3. The summed E-state index contributed by atoms with van der Waals surface area (Å²) in [6, 6.07) is 7.08. The summed E-state index contributed by atoms with van der Waals surface area (Å²) in [6.45, 7) is 10.8. The van der Waals surface area contributed by atoms with Gasteiger partial charge in [-0.05, 0) is 32.0 Å². The highest BCUT2D eigenvalue weighted by molar-refractivity contribution is 5.98. The summed E-state index contributed by atoms with van der Waals surface area (Å²) in [5, 5.41) is 2.84. The van der Waals surface area contributed by atoms with Crippen LogP contribution < -0.4 is 5.32 Å². The molecule has 2 amide bonds. The maximum absolute atomic E-state index is 12.3. The van der Waals surface area contributed by atoms with E-state index in [9.17, 15) is 9.59 Å². The second-order valence-corrected chi connectivity index (χ2v) is 5.76. The Balaban J connectivity index is 2.91. The first-order valence-electron chi connectivity index (χ1n) is 7.00. The summed E-state index contributed by atoms with van der Waals surface area (Å²) >= 11 is 0. The van der Waals surface area contributed by atoms with Crippen LogP contribution in [0, 0.1) is 5.41 Å². The van der Waals surface area contributed by atoms with Crippen molar-refractivity contribution in [3.8, 4) is 0 Å². The SMILES string of the molecule is CCN(CC)C(=O)c1cccc(NC(=O)C(C)(C)C)c1. The molecule has 0 aliphatic carbocycles. The highest BCUT2D eigenvalue weighted by Gasteiger charge is 2.21. The van der Waals surface area contributed by atoms with Gasteiger partial charge < -0.3 is 10.2 Å². The lowest BCUT2D eigenvalue weighted by Gasteiger charge is -2.20. The summed E-state index contributed by atoms with van der Waals surface area (Å²) in [4.78, 5) is 26.0. The van der Waals surface area contributed by atoms with Gasteiger partial charge >= 0.3 is 0 Å². The molecule has 0 spiro atoms. The summed E-state index contributed by atoms with van der Waals surface area (Å²) in [5.41, 5.74) is 0.794. The van der Waals surface area contributed by atoms with Crippen molar-refractivity contribution < 1.29 is 9.59 Å². The number of amides is 2. The van der Waals surface area contributed by atoms with Gasteiger partial charge in [-0.25, -0.2) is 0 Å². The Morgan fingerprint density at radius 3 is 2.25 bits per heavy atom. The number of hydrogen-bond donors (Lipinski definition) is 1. The highest BCUT2D eigenvalue weighted by atomic mass is 16.2. The number of anilines is 1. The summed E-state index contributed by atoms with van der Waals surface area (Å²) in [7, 11) is 0. The Hall–Kier alpha value is -1.84. The van der Waals surface area contributed by atoms with E-state index in [1.165, 1.54) is 0 Å². The first-order chi connectivity index (χ1) is 9.29. The molecule has 4 nitrogen and oxygen atoms in total. The molecule has 0 radical (unpaired) electrons. The maximum atomic E-state index is 12.3. The van der Waals surface area contributed by atoms with Crippen molar-refractivity contribution in [1.29, 1.82) is 0 Å². The zero-order valence-electron chi connectivity index (χ0n) is 13.0. The van der Waals surface area contributed by atoms with E-state index in [4.69, 9.17) is 0 Å². The normalized spacial score (nSPS) is 11.1. The number of benzene rings is 1. The number of rotatable bonds is 4. The lowest BCUT2D eigenvalue weighted by Crippen LogP contribution is -2.31. The van der Waals surface area contributed by atoms with E-state index in [1.54, 1.807) is 29.2 Å². The lowest BCUT2D eigenvalue weighted by molar-refractivity contribution is -0.123. The van der Waals surface area contributed by atoms with Gasteiger partial charge in [0.2, 0.25) is 5.91 Å². The van der Waals surface area contributed by atoms with E-state index in [2.05, 4.69) is 5.32 Å². The molecule has 0 saturated heterocycles. The van der Waals surface area contributed by atoms with Gasteiger partial charge in [-0.3, -0.25) is 9.59 Å². The van der Waals surface area contributed by atoms with Crippen molar-refractivity contribution in [1.82, 2.24) is 4.90 Å². The van der Waals surface area contributed by atoms with Gasteiger partial charge in [0.05, 0.1) is 0 Å². The molecule has 1 N–H and O–H groups in total. The third kappa shape index (κ3) is 4.08. The van der Waals surface area contributed by atoms with Gasteiger partial charge in [0.15, 0.2) is 0 Å². The van der Waals surface area contributed by atoms with Crippen LogP contribution >= 0.6 is 0 Å². The Morgan fingerprint density at radius 1 is 1.15 bits per heavy atom. The van der Waals surface area contributed by atoms with Gasteiger partial charge in [0, 0.05) is 29.8 Å². The fourth-order valence-electron chi connectivity index (χ4n) is 1.74. The molecule has 0 unspecified atom stereocenters. The van der Waals surface area contributed by atoms with E-state index < -0.39 is 5.41 Å². The Kier molecular flexibility index (Phi) is 5.31. The molecule has 110 valence electrons. The van der Waals surface area contributed by atoms with Crippen LogP contribution in [0.25, 0.3) is 0 Å². The van der Waals surface area contributed by atoms with Gasteiger partial charge in [-0.1, -0.05) is 26.8 Å². The fourth-order valence-corrected chi connectivity index (χ4v) is 1.74. The van der Waals surface area contributed by atoms with Crippen LogP contribution in [0.2, 0.25) is 0 Å². The predicted octanol–water partition coefficient (Wildman–Crippen LogP) is 3.15. The summed E-state index contributed by atoms with van der Waals surface area (Å²) in [6.07, 6.45) is 0. The van der Waals surface area contributed by atoms with E-state index in [-0.39, 0.29) is 11.8 Å². The zero-order valence-corrected chi connectivity index (χ0v) is 13.0. The molecule has 20 heavy (non-hydrogen) atoms. The van der Waals surface area contributed by atoms with Crippen LogP contribution in [0.15, 0.2) is 24.3 Å². The van der Waals surface area contributed by atoms with Crippen molar-refractivity contribution in [3.05, 3.63) is 29.8 Å². The molecule has 0 aliphatic heterocycles. The average molecular weight is 276 g/mol. The molecule has 0 heterocycles. The van der Waals surface area contributed by atoms with E-state index in [1.807, 2.05) is 34.6 Å². The minimum Gasteiger partial charge on any atom is -0.339 e. The van der Waals surface area contributed by atoms with Crippen LogP contribution in [-0.2, 0) is 4.79 Å². The Morgan fingerprint density at radius 2 is 1.75 bits per heavy atom. The van der Waals surface area contributed by atoms with Crippen molar-refractivity contribution in [2.75, 3.05) is 18.4 Å². The van der Waals surface area contributed by atoms with Gasteiger partial charge in [-0.2, -0.15) is 0 Å². The lowest BCUT2D eigenvalue weighted by atomic mass is 9.95. The van der Waals surface area contributed by atoms with Gasteiger partial charge in [0.25, 0.3) is 5.91 Å². The van der Waals surface area contributed by atoms with E-state index in [0.29, 0.717) is 24.3 Å². The molecule has 0 aromatic heterocycles. The van der Waals surface area contributed by atoms with E-state index in [0.717, 1.165) is 0 Å². The maximum Gasteiger partial charge on any atom is 0.253 e. The number of nitrogens with one attached hydrogen (secondary N) is 1. The smallest absolute Gasteiger partial charge is 0.253 e. The van der Waals surface area contributed by atoms with Crippen LogP contribution in [0.4, 0.5) is 5.69 Å². The molecule has 0 atom stereocenters. The topological polar surface area (TPSA) is 49.4 Å². The third-order valence-electron chi connectivity index (χ3n) is 3.10. The first-order valence-corrected chi connectivity index (χ1v) is 7.00. The molecule has 0 bridgehead atoms. The molecule has 0 aliphatic rings. The molecule has 0 saturated carbocycles. The van der Waals surface area contributed by atoms with Crippen molar-refractivity contribution >= 4 is 17.5 Å². The first kappa shape index (κ1) is 16.2. The van der Waals surface area contributed by atoms with Crippen LogP contribution in [0.3, 0.4) is 0 Å².